The van der Waals surface area contributed by atoms with Gasteiger partial charge < -0.3 is 4.90 Å². The zero-order valence-electron chi connectivity index (χ0n) is 15.7. The highest BCUT2D eigenvalue weighted by Crippen LogP contribution is 2.42. The van der Waals surface area contributed by atoms with Crippen molar-refractivity contribution < 1.29 is 18.4 Å². The van der Waals surface area contributed by atoms with Crippen LogP contribution in [0.2, 0.25) is 0 Å². The van der Waals surface area contributed by atoms with Crippen LogP contribution in [0.25, 0.3) is 11.0 Å². The Kier molecular flexibility index (Phi) is 4.37. The third-order valence-electron chi connectivity index (χ3n) is 5.82. The number of nitrogens with zero attached hydrogens (tertiary/aromatic N) is 3. The van der Waals surface area contributed by atoms with Gasteiger partial charge in [0.15, 0.2) is 0 Å². The van der Waals surface area contributed by atoms with Crippen molar-refractivity contribution in [1.82, 2.24) is 19.4 Å². The Morgan fingerprint density at radius 3 is 2.57 bits per heavy atom. The third kappa shape index (κ3) is 2.85. The molecule has 0 saturated carbocycles. The highest BCUT2D eigenvalue weighted by atomic mass is 19.3. The van der Waals surface area contributed by atoms with E-state index in [2.05, 4.69) is 5.32 Å². The molecule has 2 aromatic rings. The number of likely N-dealkylation sites (tertiary alicyclic amines) is 1. The fraction of sp³-hybridized carbons (Fsp3) is 0.526. The number of imidazole rings is 1. The summed E-state index contributed by atoms with van der Waals surface area (Å²) >= 11 is 0. The molecule has 2 amide bonds. The van der Waals surface area contributed by atoms with Crippen LogP contribution >= 0.6 is 0 Å². The maximum Gasteiger partial charge on any atom is 0.329 e. The molecule has 0 bridgehead atoms. The minimum Gasteiger partial charge on any atom is -0.301 e. The number of amides is 2. The number of piperidine rings is 2. The zero-order chi connectivity index (χ0) is 20.2. The van der Waals surface area contributed by atoms with Crippen LogP contribution in [0.1, 0.15) is 36.8 Å². The second-order valence-corrected chi connectivity index (χ2v) is 7.73. The SMILES string of the molecule is CN1CCC(c2cccc3c2n(C)c(=O)n3C2CCC(=O)NC2=O)C(F)(F)C1. The first-order valence-corrected chi connectivity index (χ1v) is 9.30. The van der Waals surface area contributed by atoms with Gasteiger partial charge in [-0.15, -0.1) is 0 Å². The van der Waals surface area contributed by atoms with Crippen molar-refractivity contribution >= 4 is 22.8 Å². The van der Waals surface area contributed by atoms with Crippen molar-refractivity contribution in [3.8, 4) is 0 Å². The van der Waals surface area contributed by atoms with E-state index in [4.69, 9.17) is 0 Å². The molecular formula is C19H22F2N4O3. The standard InChI is InChI=1S/C19H22F2N4O3/c1-23-9-8-12(19(20,21)10-23)11-4-3-5-13-16(11)24(2)18(28)25(13)14-6-7-15(26)22-17(14)27/h3-5,12,14H,6-10H2,1-2H3,(H,22,26,27). The smallest absolute Gasteiger partial charge is 0.301 e. The number of aryl methyl sites for hydroxylation is 1. The number of alkyl halides is 2. The molecule has 28 heavy (non-hydrogen) atoms. The molecule has 2 aliphatic heterocycles. The van der Waals surface area contributed by atoms with E-state index in [9.17, 15) is 23.2 Å². The predicted molar refractivity (Wildman–Crippen MR) is 98.4 cm³/mol. The molecule has 2 fully saturated rings. The van der Waals surface area contributed by atoms with Crippen molar-refractivity contribution in [2.24, 2.45) is 7.05 Å². The maximum atomic E-state index is 14.8. The summed E-state index contributed by atoms with van der Waals surface area (Å²) in [6, 6.07) is 4.12. The van der Waals surface area contributed by atoms with Crippen LogP contribution in [-0.4, -0.2) is 51.9 Å². The molecule has 2 aliphatic rings. The second kappa shape index (κ2) is 6.51. The molecule has 9 heteroatoms. The number of hydrogen-bond donors (Lipinski definition) is 1. The molecule has 1 N–H and O–H groups in total. The predicted octanol–water partition coefficient (Wildman–Crippen LogP) is 1.37. The minimum atomic E-state index is -2.92. The lowest BCUT2D eigenvalue weighted by molar-refractivity contribution is -0.135. The van der Waals surface area contributed by atoms with Gasteiger partial charge in [-0.3, -0.25) is 24.0 Å². The lowest BCUT2D eigenvalue weighted by Gasteiger charge is -2.37. The Morgan fingerprint density at radius 1 is 1.14 bits per heavy atom. The molecule has 3 heterocycles. The van der Waals surface area contributed by atoms with Crippen LogP contribution in [0.3, 0.4) is 0 Å². The molecule has 2 saturated heterocycles. The summed E-state index contributed by atoms with van der Waals surface area (Å²) in [6.07, 6.45) is 0.616. The van der Waals surface area contributed by atoms with Gasteiger partial charge in [-0.1, -0.05) is 12.1 Å². The fourth-order valence-corrected chi connectivity index (χ4v) is 4.47. The summed E-state index contributed by atoms with van der Waals surface area (Å²) in [7, 11) is 3.20. The lowest BCUT2D eigenvalue weighted by Crippen LogP contribution is -2.45. The van der Waals surface area contributed by atoms with Gasteiger partial charge in [0.25, 0.3) is 5.92 Å². The number of carbonyl (C=O) groups excluding carboxylic acids is 2. The first kappa shape index (κ1) is 18.8. The molecular weight excluding hydrogens is 370 g/mol. The number of nitrogens with one attached hydrogen (secondary N) is 1. The van der Waals surface area contributed by atoms with Gasteiger partial charge in [0.1, 0.15) is 6.04 Å². The zero-order valence-corrected chi connectivity index (χ0v) is 15.7. The number of imide groups is 1. The monoisotopic (exact) mass is 392 g/mol. The first-order valence-electron chi connectivity index (χ1n) is 9.30. The van der Waals surface area contributed by atoms with Crippen molar-refractivity contribution in [2.45, 2.75) is 37.1 Å². The third-order valence-corrected chi connectivity index (χ3v) is 5.82. The number of benzene rings is 1. The number of fused-ring (bicyclic) bond motifs is 1. The fourth-order valence-electron chi connectivity index (χ4n) is 4.47. The average Bonchev–Trinajstić information content (AvgIpc) is 2.86. The van der Waals surface area contributed by atoms with Gasteiger partial charge in [0.05, 0.1) is 23.5 Å². The van der Waals surface area contributed by atoms with Gasteiger partial charge >= 0.3 is 5.69 Å². The summed E-state index contributed by atoms with van der Waals surface area (Å²) < 4.78 is 32.3. The molecule has 4 rings (SSSR count). The lowest BCUT2D eigenvalue weighted by atomic mass is 9.85. The van der Waals surface area contributed by atoms with Crippen molar-refractivity contribution in [1.29, 1.82) is 0 Å². The molecule has 7 nitrogen and oxygen atoms in total. The van der Waals surface area contributed by atoms with Gasteiger partial charge in [0, 0.05) is 13.5 Å². The van der Waals surface area contributed by atoms with E-state index < -0.39 is 29.5 Å². The van der Waals surface area contributed by atoms with E-state index in [-0.39, 0.29) is 31.7 Å². The first-order chi connectivity index (χ1) is 13.2. The molecule has 2 unspecified atom stereocenters. The van der Waals surface area contributed by atoms with Crippen LogP contribution in [0.15, 0.2) is 23.0 Å². The molecule has 2 atom stereocenters. The Labute approximate surface area is 159 Å². The number of rotatable bonds is 2. The van der Waals surface area contributed by atoms with Crippen molar-refractivity contribution in [3.05, 3.63) is 34.2 Å². The normalized spacial score (nSPS) is 25.9. The van der Waals surface area contributed by atoms with Crippen LogP contribution in [0, 0.1) is 0 Å². The van der Waals surface area contributed by atoms with E-state index in [1.54, 1.807) is 30.1 Å². The number of aromatic nitrogens is 2. The van der Waals surface area contributed by atoms with Crippen LogP contribution in [0.4, 0.5) is 8.78 Å². The maximum absolute atomic E-state index is 14.8. The van der Waals surface area contributed by atoms with E-state index in [1.165, 1.54) is 16.2 Å². The number of carbonyl (C=O) groups is 2. The largest absolute Gasteiger partial charge is 0.329 e. The molecule has 0 spiro atoms. The van der Waals surface area contributed by atoms with Gasteiger partial charge in [-0.05, 0) is 38.1 Å². The van der Waals surface area contributed by atoms with Crippen LogP contribution in [0.5, 0.6) is 0 Å². The summed E-state index contributed by atoms with van der Waals surface area (Å²) in [5.74, 6) is -4.84. The Morgan fingerprint density at radius 2 is 1.89 bits per heavy atom. The van der Waals surface area contributed by atoms with Gasteiger partial charge in [0.2, 0.25) is 11.8 Å². The molecule has 1 aromatic carbocycles. The molecule has 150 valence electrons. The van der Waals surface area contributed by atoms with Crippen molar-refractivity contribution in [3.63, 3.8) is 0 Å². The Hall–Kier alpha value is -2.55. The Bertz CT molecular complexity index is 1030. The van der Waals surface area contributed by atoms with Crippen molar-refractivity contribution in [2.75, 3.05) is 20.1 Å². The van der Waals surface area contributed by atoms with E-state index in [0.717, 1.165) is 0 Å². The topological polar surface area (TPSA) is 76.3 Å². The Balaban J connectivity index is 1.87. The van der Waals surface area contributed by atoms with Gasteiger partial charge in [-0.25, -0.2) is 13.6 Å². The number of para-hydroxylation sites is 1. The highest BCUT2D eigenvalue weighted by molar-refractivity contribution is 6.00. The second-order valence-electron chi connectivity index (χ2n) is 7.73. The van der Waals surface area contributed by atoms with E-state index in [0.29, 0.717) is 23.1 Å². The van der Waals surface area contributed by atoms with Crippen LogP contribution in [-0.2, 0) is 16.6 Å². The van der Waals surface area contributed by atoms with E-state index >= 15 is 0 Å². The quantitative estimate of drug-likeness (QED) is 0.784. The number of hydrogen-bond acceptors (Lipinski definition) is 4. The summed E-state index contributed by atoms with van der Waals surface area (Å²) in [5.41, 5.74) is 0.829. The number of halogens is 2. The molecule has 1 aromatic heterocycles. The van der Waals surface area contributed by atoms with E-state index in [1.807, 2.05) is 0 Å². The summed E-state index contributed by atoms with van der Waals surface area (Å²) in [4.78, 5) is 38.3. The molecule has 0 aliphatic carbocycles. The highest BCUT2D eigenvalue weighted by Gasteiger charge is 2.45. The minimum absolute atomic E-state index is 0.131. The summed E-state index contributed by atoms with van der Waals surface area (Å²) in [6.45, 7) is 0.203. The molecule has 0 radical (unpaired) electrons. The van der Waals surface area contributed by atoms with Gasteiger partial charge in [-0.2, -0.15) is 0 Å². The average molecular weight is 392 g/mol. The van der Waals surface area contributed by atoms with Crippen LogP contribution < -0.4 is 11.0 Å². The summed E-state index contributed by atoms with van der Waals surface area (Å²) in [5, 5.41) is 2.25.